The van der Waals surface area contributed by atoms with Crippen LogP contribution < -0.4 is 10.6 Å². The number of aldehydes is 1. The molecule has 4 heteroatoms. The van der Waals surface area contributed by atoms with Gasteiger partial charge < -0.3 is 10.6 Å². The van der Waals surface area contributed by atoms with Crippen LogP contribution in [0, 0.1) is 5.92 Å². The van der Waals surface area contributed by atoms with Gasteiger partial charge in [0.1, 0.15) is 6.29 Å². The molecule has 0 aromatic heterocycles. The maximum atomic E-state index is 10.9. The number of benzene rings is 1. The molecular formula is C18H27N3O. The molecule has 1 heterocycles. The first-order chi connectivity index (χ1) is 10.6. The summed E-state index contributed by atoms with van der Waals surface area (Å²) in [5, 5.41) is 0. The summed E-state index contributed by atoms with van der Waals surface area (Å²) in [6.07, 6.45) is 5.98. The van der Waals surface area contributed by atoms with E-state index in [0.29, 0.717) is 5.92 Å². The number of aliphatic imine (C=N–C) groups is 1. The lowest BCUT2D eigenvalue weighted by molar-refractivity contribution is 0.112. The fraction of sp³-hybridized carbons (Fsp3) is 0.444. The molecule has 1 aromatic carbocycles. The Kier molecular flexibility index (Phi) is 7.54. The fourth-order valence-electron chi connectivity index (χ4n) is 2.35. The molecule has 0 spiro atoms. The lowest BCUT2D eigenvalue weighted by Crippen LogP contribution is -2.23. The Balaban J connectivity index is 0.00000116. The van der Waals surface area contributed by atoms with Crippen molar-refractivity contribution < 1.29 is 4.79 Å². The van der Waals surface area contributed by atoms with Crippen molar-refractivity contribution in [2.75, 3.05) is 25.0 Å². The lowest BCUT2D eigenvalue weighted by atomic mass is 10.1. The molecule has 0 amide bonds. The summed E-state index contributed by atoms with van der Waals surface area (Å²) in [6.45, 7) is 8.06. The fourth-order valence-corrected chi connectivity index (χ4v) is 2.35. The Labute approximate surface area is 133 Å². The highest BCUT2D eigenvalue weighted by molar-refractivity contribution is 5.78. The largest absolute Gasteiger partial charge is 0.365 e. The summed E-state index contributed by atoms with van der Waals surface area (Å²) in [7, 11) is 1.50. The molecule has 0 fully saturated rings. The number of carbonyl (C=O) groups excluding carboxylic acids is 1. The average Bonchev–Trinajstić information content (AvgIpc) is 2.95. The van der Waals surface area contributed by atoms with Crippen molar-refractivity contribution in [1.82, 2.24) is 0 Å². The van der Waals surface area contributed by atoms with Crippen LogP contribution in [0.2, 0.25) is 0 Å². The molecular weight excluding hydrogens is 274 g/mol. The number of nitrogens with two attached hydrogens (primary N) is 1. The number of nitrogens with zero attached hydrogens (tertiary/aromatic N) is 2. The minimum Gasteiger partial charge on any atom is -0.365 e. The van der Waals surface area contributed by atoms with E-state index < -0.39 is 0 Å². The zero-order valence-electron chi connectivity index (χ0n) is 14.0. The number of fused-ring (bicyclic) bond motifs is 1. The summed E-state index contributed by atoms with van der Waals surface area (Å²) in [5.41, 5.74) is 8.80. The van der Waals surface area contributed by atoms with Crippen molar-refractivity contribution in [2.24, 2.45) is 16.6 Å². The Bertz CT molecular complexity index is 547. The van der Waals surface area contributed by atoms with Crippen LogP contribution in [0.4, 0.5) is 5.69 Å². The molecule has 22 heavy (non-hydrogen) atoms. The highest BCUT2D eigenvalue weighted by Gasteiger charge is 2.19. The van der Waals surface area contributed by atoms with Gasteiger partial charge in [-0.05, 0) is 37.9 Å². The minimum absolute atomic E-state index is 0.456. The van der Waals surface area contributed by atoms with Gasteiger partial charge >= 0.3 is 0 Å². The summed E-state index contributed by atoms with van der Waals surface area (Å²) in [6, 6.07) is 5.93. The van der Waals surface area contributed by atoms with Crippen molar-refractivity contribution in [3.8, 4) is 0 Å². The van der Waals surface area contributed by atoms with Gasteiger partial charge in [0.15, 0.2) is 0 Å². The van der Waals surface area contributed by atoms with Crippen LogP contribution in [0.1, 0.15) is 36.7 Å². The Morgan fingerprint density at radius 2 is 2.14 bits per heavy atom. The molecule has 0 saturated heterocycles. The molecule has 1 aliphatic heterocycles. The highest BCUT2D eigenvalue weighted by atomic mass is 16.1. The van der Waals surface area contributed by atoms with E-state index in [1.807, 2.05) is 25.3 Å². The van der Waals surface area contributed by atoms with Gasteiger partial charge in [0.2, 0.25) is 0 Å². The number of anilines is 1. The van der Waals surface area contributed by atoms with E-state index in [1.165, 1.54) is 18.3 Å². The highest BCUT2D eigenvalue weighted by Crippen LogP contribution is 2.29. The molecule has 0 bridgehead atoms. The van der Waals surface area contributed by atoms with Crippen LogP contribution in [0.3, 0.4) is 0 Å². The average molecular weight is 301 g/mol. The third kappa shape index (κ3) is 4.81. The van der Waals surface area contributed by atoms with E-state index in [2.05, 4.69) is 41.6 Å². The van der Waals surface area contributed by atoms with Crippen molar-refractivity contribution in [1.29, 1.82) is 0 Å². The monoisotopic (exact) mass is 301 g/mol. The van der Waals surface area contributed by atoms with E-state index in [0.717, 1.165) is 37.1 Å². The van der Waals surface area contributed by atoms with Crippen molar-refractivity contribution >= 4 is 18.2 Å². The first-order valence-electron chi connectivity index (χ1n) is 7.74. The maximum Gasteiger partial charge on any atom is 0.150 e. The van der Waals surface area contributed by atoms with Gasteiger partial charge in [-0.15, -0.1) is 0 Å². The second-order valence-electron chi connectivity index (χ2n) is 5.48. The maximum absolute atomic E-state index is 10.9. The predicted molar refractivity (Wildman–Crippen MR) is 94.9 cm³/mol. The first-order valence-corrected chi connectivity index (χ1v) is 7.74. The zero-order valence-corrected chi connectivity index (χ0v) is 14.0. The third-order valence-corrected chi connectivity index (χ3v) is 3.46. The predicted octanol–water partition coefficient (Wildman–Crippen LogP) is 3.07. The Morgan fingerprint density at radius 1 is 1.41 bits per heavy atom. The van der Waals surface area contributed by atoms with Crippen molar-refractivity contribution in [2.45, 2.75) is 27.2 Å². The number of hydrogen-bond acceptors (Lipinski definition) is 4. The van der Waals surface area contributed by atoms with E-state index in [4.69, 9.17) is 0 Å². The van der Waals surface area contributed by atoms with E-state index in [-0.39, 0.29) is 0 Å². The van der Waals surface area contributed by atoms with Crippen molar-refractivity contribution in [3.05, 3.63) is 41.1 Å². The van der Waals surface area contributed by atoms with Crippen LogP contribution >= 0.6 is 0 Å². The van der Waals surface area contributed by atoms with Gasteiger partial charge in [0, 0.05) is 24.0 Å². The number of hydrogen-bond donors (Lipinski definition) is 1. The molecule has 120 valence electrons. The molecule has 2 rings (SSSR count). The molecule has 0 aliphatic carbocycles. The second kappa shape index (κ2) is 9.15. The topological polar surface area (TPSA) is 58.7 Å². The normalized spacial score (nSPS) is 14.1. The van der Waals surface area contributed by atoms with Crippen LogP contribution in [0.5, 0.6) is 0 Å². The quantitative estimate of drug-likeness (QED) is 0.671. The second-order valence-corrected chi connectivity index (χ2v) is 5.48. The molecule has 0 saturated carbocycles. The van der Waals surface area contributed by atoms with E-state index in [1.54, 1.807) is 0 Å². The SMILES string of the molecule is C/C=C(/CN1CCc2ccc(C=O)cc21)N=CC(C)C.CN. The molecule has 2 N–H and O–H groups in total. The summed E-state index contributed by atoms with van der Waals surface area (Å²) in [4.78, 5) is 17.8. The van der Waals surface area contributed by atoms with Gasteiger partial charge in [-0.25, -0.2) is 0 Å². The van der Waals surface area contributed by atoms with Gasteiger partial charge in [-0.1, -0.05) is 32.1 Å². The Morgan fingerprint density at radius 3 is 2.73 bits per heavy atom. The molecule has 0 atom stereocenters. The number of allylic oxidation sites excluding steroid dienone is 1. The van der Waals surface area contributed by atoms with Crippen LogP contribution in [-0.2, 0) is 6.42 Å². The molecule has 1 aliphatic rings. The van der Waals surface area contributed by atoms with Crippen LogP contribution in [-0.4, -0.2) is 32.6 Å². The van der Waals surface area contributed by atoms with Crippen LogP contribution in [0.25, 0.3) is 0 Å². The van der Waals surface area contributed by atoms with Crippen LogP contribution in [0.15, 0.2) is 35.0 Å². The first kappa shape index (κ1) is 18.1. The van der Waals surface area contributed by atoms with Gasteiger partial charge in [0.25, 0.3) is 0 Å². The lowest BCUT2D eigenvalue weighted by Gasteiger charge is -2.20. The third-order valence-electron chi connectivity index (χ3n) is 3.46. The number of carbonyl (C=O) groups is 1. The standard InChI is InChI=1S/C17H22N2O.CH5N/c1-4-16(18-10-13(2)3)11-19-8-7-15-6-5-14(12-20)9-17(15)19;1-2/h4-6,9-10,12-13H,7-8,11H2,1-3H3;2H2,1H3/b16-4-,18-10?;. The number of rotatable bonds is 5. The van der Waals surface area contributed by atoms with E-state index in [9.17, 15) is 4.79 Å². The smallest absolute Gasteiger partial charge is 0.150 e. The summed E-state index contributed by atoms with van der Waals surface area (Å²) < 4.78 is 0. The van der Waals surface area contributed by atoms with Crippen molar-refractivity contribution in [3.63, 3.8) is 0 Å². The minimum atomic E-state index is 0.456. The molecule has 4 nitrogen and oxygen atoms in total. The van der Waals surface area contributed by atoms with Gasteiger partial charge in [-0.3, -0.25) is 9.79 Å². The van der Waals surface area contributed by atoms with E-state index >= 15 is 0 Å². The summed E-state index contributed by atoms with van der Waals surface area (Å²) in [5.74, 6) is 0.456. The molecule has 1 aromatic rings. The van der Waals surface area contributed by atoms with Gasteiger partial charge in [-0.2, -0.15) is 0 Å². The Hall–Kier alpha value is -1.94. The summed E-state index contributed by atoms with van der Waals surface area (Å²) >= 11 is 0. The zero-order chi connectivity index (χ0) is 16.5. The molecule has 0 unspecified atom stereocenters. The van der Waals surface area contributed by atoms with Gasteiger partial charge in [0.05, 0.1) is 12.2 Å². The molecule has 0 radical (unpaired) electrons.